The van der Waals surface area contributed by atoms with Gasteiger partial charge < -0.3 is 10.1 Å². The number of carbonyl (C=O) groups excluding carboxylic acids is 2. The zero-order chi connectivity index (χ0) is 10.3. The molecule has 0 aliphatic heterocycles. The molecule has 0 fully saturated rings. The first-order chi connectivity index (χ1) is 6.11. The van der Waals surface area contributed by atoms with Gasteiger partial charge in [0.1, 0.15) is 6.04 Å². The SMILES string of the molecule is COC(=O)C(C/C=C\S)NC(C)=O. The van der Waals surface area contributed by atoms with E-state index in [4.69, 9.17) is 0 Å². The largest absolute Gasteiger partial charge is 0.467 e. The summed E-state index contributed by atoms with van der Waals surface area (Å²) in [5.41, 5.74) is 0. The van der Waals surface area contributed by atoms with Crippen LogP contribution in [0.4, 0.5) is 0 Å². The van der Waals surface area contributed by atoms with Gasteiger partial charge in [-0.05, 0) is 11.8 Å². The second-order valence-corrected chi connectivity index (χ2v) is 2.69. The van der Waals surface area contributed by atoms with Crippen LogP contribution in [0.25, 0.3) is 0 Å². The Labute approximate surface area is 82.7 Å². The van der Waals surface area contributed by atoms with Gasteiger partial charge in [-0.15, -0.1) is 0 Å². The van der Waals surface area contributed by atoms with Gasteiger partial charge in [0.15, 0.2) is 0 Å². The third-order valence-electron chi connectivity index (χ3n) is 1.34. The van der Waals surface area contributed by atoms with Crippen LogP contribution in [0, 0.1) is 0 Å². The molecule has 1 amide bonds. The van der Waals surface area contributed by atoms with Gasteiger partial charge >= 0.3 is 5.97 Å². The first-order valence-electron chi connectivity index (χ1n) is 3.76. The van der Waals surface area contributed by atoms with E-state index < -0.39 is 12.0 Å². The van der Waals surface area contributed by atoms with Crippen LogP contribution < -0.4 is 5.32 Å². The number of carbonyl (C=O) groups is 2. The Morgan fingerprint density at radius 2 is 2.23 bits per heavy atom. The zero-order valence-electron chi connectivity index (χ0n) is 7.61. The van der Waals surface area contributed by atoms with Crippen molar-refractivity contribution in [3.8, 4) is 0 Å². The van der Waals surface area contributed by atoms with Gasteiger partial charge in [-0.3, -0.25) is 4.79 Å². The van der Waals surface area contributed by atoms with Crippen LogP contribution in [0.2, 0.25) is 0 Å². The van der Waals surface area contributed by atoms with Crippen LogP contribution in [0.5, 0.6) is 0 Å². The van der Waals surface area contributed by atoms with E-state index in [1.807, 2.05) is 0 Å². The first kappa shape index (κ1) is 12.0. The molecule has 0 saturated carbocycles. The average Bonchev–Trinajstić information content (AvgIpc) is 2.10. The molecule has 1 N–H and O–H groups in total. The normalized spacial score (nSPS) is 12.5. The number of rotatable bonds is 4. The fraction of sp³-hybridized carbons (Fsp3) is 0.500. The molecule has 0 heterocycles. The minimum absolute atomic E-state index is 0.261. The number of thiol groups is 1. The van der Waals surface area contributed by atoms with Gasteiger partial charge in [0.05, 0.1) is 7.11 Å². The number of esters is 1. The lowest BCUT2D eigenvalue weighted by atomic mass is 10.2. The highest BCUT2D eigenvalue weighted by Crippen LogP contribution is 1.97. The maximum absolute atomic E-state index is 11.1. The Hall–Kier alpha value is -0.970. The molecule has 0 aromatic rings. The molecular formula is C8H13NO3S. The molecule has 0 aromatic heterocycles. The lowest BCUT2D eigenvalue weighted by Crippen LogP contribution is -2.39. The molecule has 74 valence electrons. The number of amides is 1. The topological polar surface area (TPSA) is 55.4 Å². The molecule has 0 rings (SSSR count). The average molecular weight is 203 g/mol. The molecule has 0 aliphatic carbocycles. The van der Waals surface area contributed by atoms with E-state index in [9.17, 15) is 9.59 Å². The third kappa shape index (κ3) is 5.30. The summed E-state index contributed by atoms with van der Waals surface area (Å²) < 4.78 is 4.50. The Morgan fingerprint density at radius 3 is 2.62 bits per heavy atom. The molecule has 5 heteroatoms. The van der Waals surface area contributed by atoms with E-state index >= 15 is 0 Å². The summed E-state index contributed by atoms with van der Waals surface area (Å²) in [4.78, 5) is 21.7. The second-order valence-electron chi connectivity index (χ2n) is 2.40. The van der Waals surface area contributed by atoms with Crippen molar-refractivity contribution >= 4 is 24.5 Å². The molecule has 0 radical (unpaired) electrons. The molecule has 1 unspecified atom stereocenters. The van der Waals surface area contributed by atoms with Crippen LogP contribution >= 0.6 is 12.6 Å². The summed E-state index contributed by atoms with van der Waals surface area (Å²) in [6.07, 6.45) is 2.05. The summed E-state index contributed by atoms with van der Waals surface area (Å²) >= 11 is 3.84. The molecule has 4 nitrogen and oxygen atoms in total. The van der Waals surface area contributed by atoms with E-state index in [1.54, 1.807) is 6.08 Å². The van der Waals surface area contributed by atoms with E-state index in [0.29, 0.717) is 6.42 Å². The molecule has 0 saturated heterocycles. The zero-order valence-corrected chi connectivity index (χ0v) is 8.51. The van der Waals surface area contributed by atoms with Crippen LogP contribution in [-0.4, -0.2) is 25.0 Å². The van der Waals surface area contributed by atoms with Crippen molar-refractivity contribution in [1.29, 1.82) is 0 Å². The van der Waals surface area contributed by atoms with E-state index in [0.717, 1.165) is 0 Å². The van der Waals surface area contributed by atoms with E-state index in [-0.39, 0.29) is 5.91 Å². The van der Waals surface area contributed by atoms with Crippen molar-refractivity contribution < 1.29 is 14.3 Å². The summed E-state index contributed by atoms with van der Waals surface area (Å²) in [5, 5.41) is 3.98. The molecule has 0 aliphatic rings. The second kappa shape index (κ2) is 6.54. The van der Waals surface area contributed by atoms with Crippen LogP contribution in [0.3, 0.4) is 0 Å². The number of hydrogen-bond donors (Lipinski definition) is 2. The van der Waals surface area contributed by atoms with Gasteiger partial charge in [-0.25, -0.2) is 4.79 Å². The minimum Gasteiger partial charge on any atom is -0.467 e. The lowest BCUT2D eigenvalue weighted by Gasteiger charge is -2.12. The first-order valence-corrected chi connectivity index (χ1v) is 4.27. The van der Waals surface area contributed by atoms with Gasteiger partial charge in [0, 0.05) is 6.92 Å². The van der Waals surface area contributed by atoms with Crippen molar-refractivity contribution in [2.24, 2.45) is 0 Å². The van der Waals surface area contributed by atoms with Crippen molar-refractivity contribution in [1.82, 2.24) is 5.32 Å². The Morgan fingerprint density at radius 1 is 1.62 bits per heavy atom. The van der Waals surface area contributed by atoms with Gasteiger partial charge in [-0.1, -0.05) is 6.08 Å². The van der Waals surface area contributed by atoms with Crippen molar-refractivity contribution in [3.63, 3.8) is 0 Å². The van der Waals surface area contributed by atoms with Crippen molar-refractivity contribution in [2.75, 3.05) is 7.11 Å². The number of hydrogen-bond acceptors (Lipinski definition) is 4. The minimum atomic E-state index is -0.620. The number of methoxy groups -OCH3 is 1. The fourth-order valence-electron chi connectivity index (χ4n) is 0.799. The maximum Gasteiger partial charge on any atom is 0.328 e. The summed E-state index contributed by atoms with van der Waals surface area (Å²) in [7, 11) is 1.28. The predicted molar refractivity (Wildman–Crippen MR) is 52.4 cm³/mol. The van der Waals surface area contributed by atoms with Gasteiger partial charge in [0.25, 0.3) is 0 Å². The summed E-state index contributed by atoms with van der Waals surface area (Å²) in [5.74, 6) is -0.718. The quantitative estimate of drug-likeness (QED) is 0.516. The van der Waals surface area contributed by atoms with Crippen LogP contribution in [-0.2, 0) is 14.3 Å². The Kier molecular flexibility index (Phi) is 6.05. The highest BCUT2D eigenvalue weighted by atomic mass is 32.1. The molecule has 0 aromatic carbocycles. The molecule has 0 bridgehead atoms. The fourth-order valence-corrected chi connectivity index (χ4v) is 0.920. The van der Waals surface area contributed by atoms with Gasteiger partial charge in [-0.2, -0.15) is 12.6 Å². The maximum atomic E-state index is 11.1. The molecule has 1 atom stereocenters. The van der Waals surface area contributed by atoms with Crippen LogP contribution in [0.15, 0.2) is 11.5 Å². The highest BCUT2D eigenvalue weighted by molar-refractivity contribution is 7.83. The molecule has 0 spiro atoms. The highest BCUT2D eigenvalue weighted by Gasteiger charge is 2.17. The van der Waals surface area contributed by atoms with Crippen LogP contribution in [0.1, 0.15) is 13.3 Å². The van der Waals surface area contributed by atoms with Gasteiger partial charge in [0.2, 0.25) is 5.91 Å². The van der Waals surface area contributed by atoms with Crippen molar-refractivity contribution in [3.05, 3.63) is 11.5 Å². The summed E-state index contributed by atoms with van der Waals surface area (Å²) in [6, 6.07) is -0.620. The number of ether oxygens (including phenoxy) is 1. The Balaban J connectivity index is 4.18. The van der Waals surface area contributed by atoms with E-state index in [2.05, 4.69) is 22.7 Å². The predicted octanol–water partition coefficient (Wildman–Crippen LogP) is 0.498. The third-order valence-corrected chi connectivity index (χ3v) is 1.55. The smallest absolute Gasteiger partial charge is 0.328 e. The number of nitrogens with one attached hydrogen (secondary N) is 1. The summed E-state index contributed by atoms with van der Waals surface area (Å²) in [6.45, 7) is 1.35. The van der Waals surface area contributed by atoms with E-state index in [1.165, 1.54) is 19.4 Å². The van der Waals surface area contributed by atoms with Crippen molar-refractivity contribution in [2.45, 2.75) is 19.4 Å². The molecule has 13 heavy (non-hydrogen) atoms. The standard InChI is InChI=1S/C8H13NO3S/c1-6(10)9-7(4-3-5-13)8(11)12-2/h3,5,7,13H,4H2,1-2H3,(H,9,10)/b5-3-. The molecular weight excluding hydrogens is 190 g/mol. The monoisotopic (exact) mass is 203 g/mol. The Bertz CT molecular complexity index is 215. The lowest BCUT2D eigenvalue weighted by molar-refractivity contribution is -0.144.